The van der Waals surface area contributed by atoms with Gasteiger partial charge < -0.3 is 9.84 Å². The Morgan fingerprint density at radius 2 is 2.00 bits per heavy atom. The molecule has 1 aromatic heterocycles. The Labute approximate surface area is 120 Å². The molecule has 1 N–H and O–H groups in total. The number of rotatable bonds is 5. The molecule has 0 bridgehead atoms. The summed E-state index contributed by atoms with van der Waals surface area (Å²) in [5.74, 6) is -0.448. The molecule has 0 saturated heterocycles. The zero-order valence-electron chi connectivity index (χ0n) is 12.1. The minimum atomic E-state index is -0.921. The van der Waals surface area contributed by atoms with Crippen LogP contribution >= 0.6 is 0 Å². The number of hydrogen-bond donors (Lipinski definition) is 1. The average molecular weight is 277 g/mol. The van der Waals surface area contributed by atoms with Gasteiger partial charge in [0, 0.05) is 11.8 Å². The fraction of sp³-hybridized carbons (Fsp3) is 0.625. The highest BCUT2D eigenvalue weighted by atomic mass is 16.5. The van der Waals surface area contributed by atoms with Crippen molar-refractivity contribution < 1.29 is 14.6 Å². The van der Waals surface area contributed by atoms with Gasteiger partial charge in [-0.2, -0.15) is 0 Å². The van der Waals surface area contributed by atoms with E-state index in [1.807, 2.05) is 0 Å². The van der Waals surface area contributed by atoms with Gasteiger partial charge in [-0.1, -0.05) is 26.2 Å². The molecule has 110 valence electrons. The van der Waals surface area contributed by atoms with E-state index in [4.69, 9.17) is 9.84 Å². The third-order valence-electron chi connectivity index (χ3n) is 3.70. The molecule has 0 radical (unpaired) electrons. The second-order valence-corrected chi connectivity index (χ2v) is 5.47. The molecule has 1 aromatic rings. The fourth-order valence-electron chi connectivity index (χ4n) is 2.66. The Hall–Kier alpha value is -1.58. The number of aromatic nitrogens is 1. The number of carboxylic acid groups (broad SMARTS) is 1. The summed E-state index contributed by atoms with van der Waals surface area (Å²) in [4.78, 5) is 15.6. The Balaban J connectivity index is 2.14. The number of carboxylic acids is 1. The summed E-state index contributed by atoms with van der Waals surface area (Å²) in [7, 11) is 0. The minimum Gasteiger partial charge on any atom is -0.478 e. The molecule has 0 aromatic carbocycles. The molecule has 1 heterocycles. The number of ether oxygens (including phenoxy) is 1. The third kappa shape index (κ3) is 4.22. The number of hydrogen-bond acceptors (Lipinski definition) is 3. The molecule has 0 amide bonds. The van der Waals surface area contributed by atoms with Gasteiger partial charge in [0.05, 0.1) is 5.56 Å². The largest absolute Gasteiger partial charge is 0.478 e. The van der Waals surface area contributed by atoms with Crippen LogP contribution < -0.4 is 4.74 Å². The van der Waals surface area contributed by atoms with Crippen molar-refractivity contribution >= 4 is 5.97 Å². The Bertz CT molecular complexity index is 451. The summed E-state index contributed by atoms with van der Waals surface area (Å²) >= 11 is 0. The topological polar surface area (TPSA) is 59.4 Å². The standard InChI is InChI=1S/C16H23NO3/c1-2-7-13-10-12(16(18)19)11-15(17-13)20-14-8-5-3-4-6-9-14/h10-11,14H,2-9H2,1H3,(H,18,19). The van der Waals surface area contributed by atoms with E-state index < -0.39 is 5.97 Å². The first-order valence-corrected chi connectivity index (χ1v) is 7.60. The lowest BCUT2D eigenvalue weighted by Gasteiger charge is -2.17. The van der Waals surface area contributed by atoms with Crippen molar-refractivity contribution in [2.24, 2.45) is 0 Å². The van der Waals surface area contributed by atoms with E-state index in [-0.39, 0.29) is 11.7 Å². The van der Waals surface area contributed by atoms with Crippen LogP contribution in [0.2, 0.25) is 0 Å². The van der Waals surface area contributed by atoms with E-state index in [1.54, 1.807) is 12.1 Å². The Kier molecular flexibility index (Phi) is 5.39. The molecule has 4 nitrogen and oxygen atoms in total. The highest BCUT2D eigenvalue weighted by Crippen LogP contribution is 2.23. The molecule has 0 spiro atoms. The third-order valence-corrected chi connectivity index (χ3v) is 3.70. The summed E-state index contributed by atoms with van der Waals surface area (Å²) in [6, 6.07) is 3.19. The van der Waals surface area contributed by atoms with Crippen molar-refractivity contribution in [1.29, 1.82) is 0 Å². The molecule has 1 aliphatic rings. The quantitative estimate of drug-likeness (QED) is 0.831. The molecule has 2 rings (SSSR count). The normalized spacial score (nSPS) is 16.6. The average Bonchev–Trinajstić information content (AvgIpc) is 2.67. The van der Waals surface area contributed by atoms with Crippen molar-refractivity contribution in [1.82, 2.24) is 4.98 Å². The van der Waals surface area contributed by atoms with Crippen LogP contribution in [0.4, 0.5) is 0 Å². The minimum absolute atomic E-state index is 0.184. The summed E-state index contributed by atoms with van der Waals surface area (Å²) in [5.41, 5.74) is 1.07. The van der Waals surface area contributed by atoms with Crippen LogP contribution in [-0.4, -0.2) is 22.2 Å². The summed E-state index contributed by atoms with van der Waals surface area (Å²) < 4.78 is 5.94. The highest BCUT2D eigenvalue weighted by Gasteiger charge is 2.16. The molecule has 1 saturated carbocycles. The van der Waals surface area contributed by atoms with Crippen LogP contribution in [-0.2, 0) is 6.42 Å². The van der Waals surface area contributed by atoms with Gasteiger partial charge in [-0.25, -0.2) is 9.78 Å². The van der Waals surface area contributed by atoms with E-state index in [0.717, 1.165) is 31.4 Å². The van der Waals surface area contributed by atoms with Gasteiger partial charge >= 0.3 is 5.97 Å². The van der Waals surface area contributed by atoms with Crippen LogP contribution in [0, 0.1) is 0 Å². The Morgan fingerprint density at radius 3 is 2.60 bits per heavy atom. The van der Waals surface area contributed by atoms with Gasteiger partial charge in [0.25, 0.3) is 0 Å². The van der Waals surface area contributed by atoms with Crippen molar-refractivity contribution in [3.63, 3.8) is 0 Å². The van der Waals surface area contributed by atoms with Crippen molar-refractivity contribution in [3.05, 3.63) is 23.4 Å². The molecule has 1 fully saturated rings. The zero-order chi connectivity index (χ0) is 14.4. The lowest BCUT2D eigenvalue weighted by Crippen LogP contribution is -2.16. The van der Waals surface area contributed by atoms with Crippen molar-refractivity contribution in [3.8, 4) is 5.88 Å². The molecular weight excluding hydrogens is 254 g/mol. The maximum atomic E-state index is 11.2. The molecular formula is C16H23NO3. The number of carbonyl (C=O) groups is 1. The molecule has 20 heavy (non-hydrogen) atoms. The van der Waals surface area contributed by atoms with Crippen LogP contribution in [0.5, 0.6) is 5.88 Å². The van der Waals surface area contributed by atoms with Crippen LogP contribution in [0.25, 0.3) is 0 Å². The maximum absolute atomic E-state index is 11.2. The van der Waals surface area contributed by atoms with Gasteiger partial charge in [0.1, 0.15) is 6.10 Å². The molecule has 0 unspecified atom stereocenters. The molecule has 0 atom stereocenters. The lowest BCUT2D eigenvalue weighted by molar-refractivity contribution is 0.0695. The number of aromatic carboxylic acids is 1. The lowest BCUT2D eigenvalue weighted by atomic mass is 10.1. The number of aryl methyl sites for hydroxylation is 1. The monoisotopic (exact) mass is 277 g/mol. The van der Waals surface area contributed by atoms with Gasteiger partial charge in [-0.15, -0.1) is 0 Å². The zero-order valence-corrected chi connectivity index (χ0v) is 12.1. The molecule has 4 heteroatoms. The van der Waals surface area contributed by atoms with Crippen LogP contribution in [0.1, 0.15) is 67.9 Å². The second kappa shape index (κ2) is 7.27. The van der Waals surface area contributed by atoms with Gasteiger partial charge in [0.15, 0.2) is 0 Å². The first-order chi connectivity index (χ1) is 9.69. The summed E-state index contributed by atoms with van der Waals surface area (Å²) in [6.07, 6.45) is 8.90. The van der Waals surface area contributed by atoms with Crippen molar-refractivity contribution in [2.75, 3.05) is 0 Å². The Morgan fingerprint density at radius 1 is 1.30 bits per heavy atom. The smallest absolute Gasteiger partial charge is 0.335 e. The van der Waals surface area contributed by atoms with E-state index in [0.29, 0.717) is 5.88 Å². The van der Waals surface area contributed by atoms with E-state index in [9.17, 15) is 4.79 Å². The van der Waals surface area contributed by atoms with Crippen LogP contribution in [0.3, 0.4) is 0 Å². The van der Waals surface area contributed by atoms with E-state index in [2.05, 4.69) is 11.9 Å². The predicted molar refractivity (Wildman–Crippen MR) is 77.3 cm³/mol. The molecule has 0 aliphatic heterocycles. The van der Waals surface area contributed by atoms with E-state index >= 15 is 0 Å². The van der Waals surface area contributed by atoms with Crippen LogP contribution in [0.15, 0.2) is 12.1 Å². The predicted octanol–water partition coefficient (Wildman–Crippen LogP) is 3.83. The fourth-order valence-corrected chi connectivity index (χ4v) is 2.66. The highest BCUT2D eigenvalue weighted by molar-refractivity contribution is 5.88. The SMILES string of the molecule is CCCc1cc(C(=O)O)cc(OC2CCCCCC2)n1. The van der Waals surface area contributed by atoms with E-state index in [1.165, 1.54) is 25.7 Å². The van der Waals surface area contributed by atoms with Crippen molar-refractivity contribution in [2.45, 2.75) is 64.4 Å². The summed E-state index contributed by atoms with van der Waals surface area (Å²) in [5, 5.41) is 9.17. The number of nitrogens with zero attached hydrogens (tertiary/aromatic N) is 1. The van der Waals surface area contributed by atoms with Gasteiger partial charge in [0.2, 0.25) is 5.88 Å². The number of pyridine rings is 1. The van der Waals surface area contributed by atoms with Gasteiger partial charge in [-0.3, -0.25) is 0 Å². The first-order valence-electron chi connectivity index (χ1n) is 7.60. The second-order valence-electron chi connectivity index (χ2n) is 5.47. The first kappa shape index (κ1) is 14.8. The summed E-state index contributed by atoms with van der Waals surface area (Å²) in [6.45, 7) is 2.06. The maximum Gasteiger partial charge on any atom is 0.335 e. The van der Waals surface area contributed by atoms with Gasteiger partial charge in [-0.05, 0) is 38.2 Å². The molecule has 1 aliphatic carbocycles.